The van der Waals surface area contributed by atoms with Gasteiger partial charge in [0.25, 0.3) is 0 Å². The van der Waals surface area contributed by atoms with E-state index in [1.165, 1.54) is 0 Å². The Labute approximate surface area is 197 Å². The van der Waals surface area contributed by atoms with Gasteiger partial charge in [-0.05, 0) is 32.1 Å². The van der Waals surface area contributed by atoms with Crippen molar-refractivity contribution in [1.29, 1.82) is 0 Å². The fourth-order valence-corrected chi connectivity index (χ4v) is 3.12. The number of nitrogens with zero attached hydrogens (tertiary/aromatic N) is 1. The minimum absolute atomic E-state index is 0. The Balaban J connectivity index is 0.00000450. The molecule has 1 saturated heterocycles. The highest BCUT2D eigenvalue weighted by atomic mass is 127. The monoisotopic (exact) mass is 537 g/mol. The molecule has 2 N–H and O–H groups in total. The van der Waals surface area contributed by atoms with E-state index in [0.29, 0.717) is 42.3 Å². The van der Waals surface area contributed by atoms with Gasteiger partial charge in [0, 0.05) is 57.3 Å². The molecule has 0 spiro atoms. The van der Waals surface area contributed by atoms with Crippen LogP contribution >= 0.6 is 24.0 Å². The van der Waals surface area contributed by atoms with Gasteiger partial charge in [-0.15, -0.1) is 24.0 Å². The van der Waals surface area contributed by atoms with Gasteiger partial charge < -0.3 is 34.3 Å². The zero-order chi connectivity index (χ0) is 20.9. The van der Waals surface area contributed by atoms with Crippen LogP contribution in [0.2, 0.25) is 0 Å². The van der Waals surface area contributed by atoms with Crippen molar-refractivity contribution in [3.63, 3.8) is 0 Å². The van der Waals surface area contributed by atoms with Gasteiger partial charge in [-0.25, -0.2) is 0 Å². The van der Waals surface area contributed by atoms with E-state index in [9.17, 15) is 0 Å². The topological polar surface area (TPSA) is 82.6 Å². The van der Waals surface area contributed by atoms with Crippen molar-refractivity contribution in [3.8, 4) is 17.2 Å². The molecule has 0 bridgehead atoms. The number of anilines is 1. The third kappa shape index (κ3) is 8.73. The summed E-state index contributed by atoms with van der Waals surface area (Å²) >= 11 is 0. The molecule has 0 unspecified atom stereocenters. The molecule has 1 aliphatic rings. The molecule has 9 heteroatoms. The first-order valence-corrected chi connectivity index (χ1v) is 10.2. The van der Waals surface area contributed by atoms with Crippen LogP contribution in [0.4, 0.5) is 5.69 Å². The second kappa shape index (κ2) is 15.4. The molecule has 30 heavy (non-hydrogen) atoms. The maximum absolute atomic E-state index is 5.81. The molecule has 0 aromatic heterocycles. The summed E-state index contributed by atoms with van der Waals surface area (Å²) in [5.41, 5.74) is 0.801. The predicted octanol–water partition coefficient (Wildman–Crippen LogP) is 3.54. The zero-order valence-corrected chi connectivity index (χ0v) is 20.8. The Kier molecular flexibility index (Phi) is 13.6. The highest BCUT2D eigenvalue weighted by molar-refractivity contribution is 14.0. The van der Waals surface area contributed by atoms with Crippen molar-refractivity contribution in [2.75, 3.05) is 66.2 Å². The highest BCUT2D eigenvalue weighted by Crippen LogP contribution is 2.39. The van der Waals surface area contributed by atoms with E-state index in [4.69, 9.17) is 23.7 Å². The number of nitrogens with one attached hydrogen (secondary N) is 2. The van der Waals surface area contributed by atoms with Gasteiger partial charge in [0.2, 0.25) is 5.75 Å². The summed E-state index contributed by atoms with van der Waals surface area (Å²) < 4.78 is 27.4. The van der Waals surface area contributed by atoms with Crippen molar-refractivity contribution < 1.29 is 23.7 Å². The molecule has 2 rings (SSSR count). The normalized spacial score (nSPS) is 14.6. The van der Waals surface area contributed by atoms with Crippen molar-refractivity contribution >= 4 is 35.6 Å². The maximum Gasteiger partial charge on any atom is 0.203 e. The van der Waals surface area contributed by atoms with Gasteiger partial charge in [-0.1, -0.05) is 0 Å². The Morgan fingerprint density at radius 1 is 1.10 bits per heavy atom. The van der Waals surface area contributed by atoms with Gasteiger partial charge in [0.1, 0.15) is 0 Å². The average molecular weight is 537 g/mol. The van der Waals surface area contributed by atoms with E-state index in [1.807, 2.05) is 19.1 Å². The summed E-state index contributed by atoms with van der Waals surface area (Å²) in [4.78, 5) is 4.63. The maximum atomic E-state index is 5.81. The lowest BCUT2D eigenvalue weighted by Gasteiger charge is -2.21. The smallest absolute Gasteiger partial charge is 0.203 e. The number of benzene rings is 1. The summed E-state index contributed by atoms with van der Waals surface area (Å²) in [5, 5.41) is 6.54. The fraction of sp³-hybridized carbons (Fsp3) is 0.667. The third-order valence-corrected chi connectivity index (χ3v) is 4.68. The first-order chi connectivity index (χ1) is 14.2. The van der Waals surface area contributed by atoms with Crippen LogP contribution in [-0.2, 0) is 9.47 Å². The molecule has 1 aliphatic heterocycles. The lowest BCUT2D eigenvalue weighted by atomic mass is 10.0. The summed E-state index contributed by atoms with van der Waals surface area (Å²) in [6.45, 7) is 6.71. The van der Waals surface area contributed by atoms with Gasteiger partial charge >= 0.3 is 0 Å². The van der Waals surface area contributed by atoms with Crippen LogP contribution in [0.15, 0.2) is 17.1 Å². The first kappa shape index (κ1) is 26.6. The van der Waals surface area contributed by atoms with E-state index in [2.05, 4.69) is 15.6 Å². The lowest BCUT2D eigenvalue weighted by molar-refractivity contribution is 0.0205. The molecule has 0 radical (unpaired) electrons. The second-order valence-electron chi connectivity index (χ2n) is 6.78. The first-order valence-electron chi connectivity index (χ1n) is 10.2. The molecule has 1 aromatic rings. The minimum Gasteiger partial charge on any atom is -0.493 e. The molecule has 0 atom stereocenters. The van der Waals surface area contributed by atoms with E-state index in [0.717, 1.165) is 51.3 Å². The second-order valence-corrected chi connectivity index (χ2v) is 6.78. The number of ether oxygens (including phenoxy) is 5. The van der Waals surface area contributed by atoms with E-state index in [1.54, 1.807) is 21.3 Å². The molecule has 1 heterocycles. The standard InChI is InChI=1S/C21H35N3O5.HI/c1-5-22-21(23-9-6-10-29-15-16-7-11-28-12-8-16)24-17-13-18(25-2)20(27-4)19(14-17)26-3;/h13-14,16H,5-12,15H2,1-4H3,(H2,22,23,24);1H. The SMILES string of the molecule is CCNC(=NCCCOCC1CCOCC1)Nc1cc(OC)c(OC)c(OC)c1.I. The number of halogens is 1. The van der Waals surface area contributed by atoms with E-state index in [-0.39, 0.29) is 24.0 Å². The Hall–Kier alpha value is -1.46. The number of rotatable bonds is 11. The van der Waals surface area contributed by atoms with Gasteiger partial charge in [0.15, 0.2) is 17.5 Å². The van der Waals surface area contributed by atoms with Crippen molar-refractivity contribution in [2.45, 2.75) is 26.2 Å². The Bertz CT molecular complexity index is 614. The summed E-state index contributed by atoms with van der Waals surface area (Å²) in [7, 11) is 4.78. The summed E-state index contributed by atoms with van der Waals surface area (Å²) in [6.07, 6.45) is 3.07. The molecule has 1 aromatic carbocycles. The number of aliphatic imine (C=N–C) groups is 1. The van der Waals surface area contributed by atoms with E-state index >= 15 is 0 Å². The molecule has 8 nitrogen and oxygen atoms in total. The number of hydrogen-bond donors (Lipinski definition) is 2. The molecule has 0 saturated carbocycles. The van der Waals surface area contributed by atoms with Crippen LogP contribution < -0.4 is 24.8 Å². The third-order valence-electron chi connectivity index (χ3n) is 4.68. The van der Waals surface area contributed by atoms with Crippen molar-refractivity contribution in [3.05, 3.63) is 12.1 Å². The fourth-order valence-electron chi connectivity index (χ4n) is 3.12. The van der Waals surface area contributed by atoms with Crippen LogP contribution in [0.5, 0.6) is 17.2 Å². The highest BCUT2D eigenvalue weighted by Gasteiger charge is 2.14. The number of guanidine groups is 1. The predicted molar refractivity (Wildman–Crippen MR) is 130 cm³/mol. The molecule has 0 amide bonds. The van der Waals surface area contributed by atoms with Gasteiger partial charge in [-0.2, -0.15) is 0 Å². The van der Waals surface area contributed by atoms with Crippen LogP contribution in [0.3, 0.4) is 0 Å². The van der Waals surface area contributed by atoms with Crippen LogP contribution in [0.1, 0.15) is 26.2 Å². The minimum atomic E-state index is 0. The van der Waals surface area contributed by atoms with E-state index < -0.39 is 0 Å². The van der Waals surface area contributed by atoms with Crippen LogP contribution in [-0.4, -0.2) is 66.8 Å². The molecule has 172 valence electrons. The van der Waals surface area contributed by atoms with Crippen molar-refractivity contribution in [1.82, 2.24) is 5.32 Å². The summed E-state index contributed by atoms with van der Waals surface area (Å²) in [6, 6.07) is 3.70. The quantitative estimate of drug-likeness (QED) is 0.194. The van der Waals surface area contributed by atoms with Crippen LogP contribution in [0, 0.1) is 5.92 Å². The summed E-state index contributed by atoms with van der Waals surface area (Å²) in [5.74, 6) is 3.07. The van der Waals surface area contributed by atoms with Gasteiger partial charge in [0.05, 0.1) is 21.3 Å². The molecule has 0 aliphatic carbocycles. The Morgan fingerprint density at radius 2 is 1.77 bits per heavy atom. The van der Waals surface area contributed by atoms with Gasteiger partial charge in [-0.3, -0.25) is 4.99 Å². The number of hydrogen-bond acceptors (Lipinski definition) is 6. The molecule has 1 fully saturated rings. The average Bonchev–Trinajstić information content (AvgIpc) is 2.76. The molecular weight excluding hydrogens is 501 g/mol. The zero-order valence-electron chi connectivity index (χ0n) is 18.5. The number of methoxy groups -OCH3 is 3. The molecular formula is C21H36IN3O5. The van der Waals surface area contributed by atoms with Crippen molar-refractivity contribution in [2.24, 2.45) is 10.9 Å². The largest absolute Gasteiger partial charge is 0.493 e. The Morgan fingerprint density at radius 3 is 2.33 bits per heavy atom. The lowest BCUT2D eigenvalue weighted by Crippen LogP contribution is -2.31. The van der Waals surface area contributed by atoms with Crippen LogP contribution in [0.25, 0.3) is 0 Å².